The van der Waals surface area contributed by atoms with Crippen molar-refractivity contribution in [3.05, 3.63) is 48.6 Å². The van der Waals surface area contributed by atoms with Crippen LogP contribution in [0.3, 0.4) is 0 Å². The Labute approximate surface area is 393 Å². The van der Waals surface area contributed by atoms with Crippen LogP contribution in [0.5, 0.6) is 0 Å². The van der Waals surface area contributed by atoms with Crippen LogP contribution in [-0.2, 0) is 37.5 Å². The van der Waals surface area contributed by atoms with E-state index in [1.807, 2.05) is 21.1 Å². The molecule has 0 aromatic rings. The predicted octanol–water partition coefficient (Wildman–Crippen LogP) is 9.56. The van der Waals surface area contributed by atoms with Crippen LogP contribution >= 0.6 is 7.82 Å². The predicted molar refractivity (Wildman–Crippen MR) is 257 cm³/mol. The Morgan fingerprint density at radius 2 is 1.26 bits per heavy atom. The first-order valence-corrected chi connectivity index (χ1v) is 26.5. The number of allylic oxidation sites excluding steroid dienone is 6. The van der Waals surface area contributed by atoms with Crippen molar-refractivity contribution in [1.82, 2.24) is 0 Å². The number of hydrogen-bond donors (Lipinski definition) is 3. The van der Waals surface area contributed by atoms with E-state index in [0.29, 0.717) is 36.7 Å². The smallest absolute Gasteiger partial charge is 0.306 e. The zero-order chi connectivity index (χ0) is 48.2. The monoisotopic (exact) mass is 940 g/mol. The summed E-state index contributed by atoms with van der Waals surface area (Å²) in [6.45, 7) is 3.66. The van der Waals surface area contributed by atoms with Crippen LogP contribution in [-0.4, -0.2) is 109 Å². The lowest BCUT2D eigenvalue weighted by Gasteiger charge is -2.28. The first kappa shape index (κ1) is 60.5. The number of phosphoric ester groups is 1. The summed E-state index contributed by atoms with van der Waals surface area (Å²) in [5.74, 6) is -2.13. The van der Waals surface area contributed by atoms with Gasteiger partial charge in [0, 0.05) is 43.9 Å². The molecule has 0 aromatic carbocycles. The summed E-state index contributed by atoms with van der Waals surface area (Å²) in [5.41, 5.74) is 0. The SMILES string of the molecule is CCCCCC/C=C\C/C=C\C/C=C\CCCCCCCCC(=O)O[C@H](COC(=O)CCCCC(=O)C[C@@H]1[C@@H](/C=C/[C@@H](O)CCCCC)[C@H](O)C[C@@H]1O)COP(=O)([O-])OCC[N+](C)(C)C. The molecule has 1 aliphatic rings. The molecule has 0 aliphatic heterocycles. The van der Waals surface area contributed by atoms with E-state index in [2.05, 4.69) is 50.3 Å². The molecule has 1 rings (SSSR count). The van der Waals surface area contributed by atoms with Gasteiger partial charge in [-0.25, -0.2) is 0 Å². The summed E-state index contributed by atoms with van der Waals surface area (Å²) >= 11 is 0. The lowest BCUT2D eigenvalue weighted by molar-refractivity contribution is -0.870. The van der Waals surface area contributed by atoms with Crippen molar-refractivity contribution in [3.63, 3.8) is 0 Å². The van der Waals surface area contributed by atoms with Gasteiger partial charge in [-0.05, 0) is 64.2 Å². The standard InChI is InChI=1S/C51H90NO12P/c1-6-8-10-11-12-13-14-15-16-17-18-19-20-21-22-23-24-25-26-28-34-51(58)64-45(42-63-65(59,60)62-38-37-52(3,4)5)41-61-50(57)33-30-29-32-44(54)39-47-46(48(55)40-49(47)56)36-35-43(53)31-27-9-7-2/h13-14,16-17,19-20,35-36,43,45-49,53,55-56H,6-12,15,18,21-34,37-42H2,1-5H3/b14-13-,17-16-,20-19-,36-35+/t43-,45+,46+,47+,48+,49-/m0/s1. The molecule has 1 fully saturated rings. The summed E-state index contributed by atoms with van der Waals surface area (Å²) in [5, 5.41) is 31.4. The van der Waals surface area contributed by atoms with Gasteiger partial charge in [-0.2, -0.15) is 0 Å². The number of ether oxygens (including phenoxy) is 2. The van der Waals surface area contributed by atoms with Gasteiger partial charge in [-0.15, -0.1) is 0 Å². The van der Waals surface area contributed by atoms with Gasteiger partial charge in [0.25, 0.3) is 7.82 Å². The minimum Gasteiger partial charge on any atom is -0.756 e. The third kappa shape index (κ3) is 34.5. The molecule has 0 aromatic heterocycles. The van der Waals surface area contributed by atoms with Crippen molar-refractivity contribution < 1.29 is 62.2 Å². The highest BCUT2D eigenvalue weighted by atomic mass is 31.2. The van der Waals surface area contributed by atoms with Crippen molar-refractivity contribution in [3.8, 4) is 0 Å². The topological polar surface area (TPSA) is 189 Å². The largest absolute Gasteiger partial charge is 0.756 e. The first-order chi connectivity index (χ1) is 31.1. The maximum Gasteiger partial charge on any atom is 0.306 e. The zero-order valence-corrected chi connectivity index (χ0v) is 41.9. The Bertz CT molecular complexity index is 1430. The van der Waals surface area contributed by atoms with E-state index in [1.165, 1.54) is 32.1 Å². The van der Waals surface area contributed by atoms with Crippen LogP contribution in [0.25, 0.3) is 0 Å². The molecule has 0 amide bonds. The van der Waals surface area contributed by atoms with Crippen LogP contribution < -0.4 is 4.89 Å². The number of rotatable bonds is 41. The molecule has 0 bridgehead atoms. The van der Waals surface area contributed by atoms with Crippen molar-refractivity contribution in [2.24, 2.45) is 11.8 Å². The fourth-order valence-electron chi connectivity index (χ4n) is 7.54. The molecule has 376 valence electrons. The van der Waals surface area contributed by atoms with E-state index in [9.17, 15) is 39.2 Å². The third-order valence-corrected chi connectivity index (χ3v) is 12.5. The van der Waals surface area contributed by atoms with Gasteiger partial charge < -0.3 is 43.2 Å². The molecule has 1 saturated carbocycles. The minimum atomic E-state index is -4.73. The molecule has 13 nitrogen and oxygen atoms in total. The maximum absolute atomic E-state index is 12.9. The Morgan fingerprint density at radius 1 is 0.708 bits per heavy atom. The Morgan fingerprint density at radius 3 is 1.91 bits per heavy atom. The van der Waals surface area contributed by atoms with E-state index in [1.54, 1.807) is 12.2 Å². The van der Waals surface area contributed by atoms with E-state index in [4.69, 9.17) is 18.5 Å². The van der Waals surface area contributed by atoms with Crippen molar-refractivity contribution in [2.45, 2.75) is 199 Å². The van der Waals surface area contributed by atoms with Gasteiger partial charge in [0.1, 0.15) is 25.5 Å². The molecule has 3 N–H and O–H groups in total. The summed E-state index contributed by atoms with van der Waals surface area (Å²) in [7, 11) is 0.949. The van der Waals surface area contributed by atoms with Gasteiger partial charge >= 0.3 is 11.9 Å². The van der Waals surface area contributed by atoms with Crippen molar-refractivity contribution in [1.29, 1.82) is 0 Å². The zero-order valence-electron chi connectivity index (χ0n) is 41.0. The molecule has 0 radical (unpaired) electrons. The summed E-state index contributed by atoms with van der Waals surface area (Å²) < 4.78 is 33.8. The van der Waals surface area contributed by atoms with E-state index in [-0.39, 0.29) is 44.5 Å². The molecular weight excluding hydrogens is 850 g/mol. The molecule has 65 heavy (non-hydrogen) atoms. The third-order valence-electron chi connectivity index (χ3n) is 11.6. The molecule has 1 aliphatic carbocycles. The van der Waals surface area contributed by atoms with Gasteiger partial charge in [0.2, 0.25) is 0 Å². The number of aliphatic hydroxyl groups is 3. The molecule has 0 saturated heterocycles. The van der Waals surface area contributed by atoms with Gasteiger partial charge in [-0.1, -0.05) is 127 Å². The first-order valence-electron chi connectivity index (χ1n) is 25.0. The number of aliphatic hydroxyl groups excluding tert-OH is 3. The van der Waals surface area contributed by atoms with Crippen LogP contribution in [0, 0.1) is 11.8 Å². The van der Waals surface area contributed by atoms with E-state index >= 15 is 0 Å². The molecule has 14 heteroatoms. The number of esters is 2. The lowest BCUT2D eigenvalue weighted by atomic mass is 9.87. The number of Topliss-reactive ketones (excluding diaryl/α,β-unsaturated/α-hetero) is 1. The lowest BCUT2D eigenvalue weighted by Crippen LogP contribution is -2.37. The number of hydrogen-bond acceptors (Lipinski definition) is 12. The highest BCUT2D eigenvalue weighted by Gasteiger charge is 2.41. The fraction of sp³-hybridized carbons (Fsp3) is 0.784. The molecule has 7 atom stereocenters. The second-order valence-corrected chi connectivity index (χ2v) is 20.2. The number of nitrogens with zero attached hydrogens (tertiary/aromatic N) is 1. The average molecular weight is 940 g/mol. The number of ketones is 1. The molecule has 1 unspecified atom stereocenters. The summed E-state index contributed by atoms with van der Waals surface area (Å²) in [4.78, 5) is 50.8. The molecule has 0 spiro atoms. The number of unbranched alkanes of at least 4 members (excludes halogenated alkanes) is 13. The number of carbonyl (C=O) groups excluding carboxylic acids is 3. The highest BCUT2D eigenvalue weighted by molar-refractivity contribution is 7.45. The number of carbonyl (C=O) groups is 3. The van der Waals surface area contributed by atoms with Crippen LogP contribution in [0.4, 0.5) is 0 Å². The van der Waals surface area contributed by atoms with Gasteiger partial charge in [0.15, 0.2) is 6.10 Å². The normalized spacial score (nSPS) is 20.0. The van der Waals surface area contributed by atoms with Gasteiger partial charge in [-0.3, -0.25) is 18.9 Å². The van der Waals surface area contributed by atoms with Gasteiger partial charge in [0.05, 0.1) is 46.1 Å². The number of likely N-dealkylation sites (N-methyl/N-ethyl adjacent to an activating group) is 1. The Kier molecular flexibility index (Phi) is 34.9. The summed E-state index contributed by atoms with van der Waals surface area (Å²) in [6.07, 6.45) is 33.3. The molecule has 0 heterocycles. The van der Waals surface area contributed by atoms with E-state index in [0.717, 1.165) is 70.6 Å². The maximum atomic E-state index is 12.9. The second-order valence-electron chi connectivity index (χ2n) is 18.8. The number of phosphoric acid groups is 1. The van der Waals surface area contributed by atoms with Crippen LogP contribution in [0.1, 0.15) is 174 Å². The van der Waals surface area contributed by atoms with Crippen molar-refractivity contribution in [2.75, 3.05) is 47.5 Å². The van der Waals surface area contributed by atoms with Crippen LogP contribution in [0.2, 0.25) is 0 Å². The fourth-order valence-corrected chi connectivity index (χ4v) is 8.27. The minimum absolute atomic E-state index is 0.0138. The van der Waals surface area contributed by atoms with Crippen molar-refractivity contribution >= 4 is 25.5 Å². The highest BCUT2D eigenvalue weighted by Crippen LogP contribution is 2.39. The summed E-state index contributed by atoms with van der Waals surface area (Å²) in [6, 6.07) is 0. The number of quaternary nitrogens is 1. The second kappa shape index (κ2) is 37.5. The Balaban J connectivity index is 2.46. The van der Waals surface area contributed by atoms with Crippen LogP contribution in [0.15, 0.2) is 48.6 Å². The molecular formula is C51H90NO12P. The average Bonchev–Trinajstić information content (AvgIpc) is 3.51. The quantitative estimate of drug-likeness (QED) is 0.0173. The Hall–Kier alpha value is -2.48. The van der Waals surface area contributed by atoms with E-state index < -0.39 is 69.2 Å².